The molecule has 0 unspecified atom stereocenters. The number of aromatic nitrogens is 1. The highest BCUT2D eigenvalue weighted by Crippen LogP contribution is 2.31. The van der Waals surface area contributed by atoms with Crippen molar-refractivity contribution in [3.63, 3.8) is 0 Å². The van der Waals surface area contributed by atoms with Crippen LogP contribution in [0.4, 0.5) is 13.2 Å². The van der Waals surface area contributed by atoms with E-state index in [1.807, 2.05) is 0 Å². The summed E-state index contributed by atoms with van der Waals surface area (Å²) in [5.41, 5.74) is 4.42. The molecular formula is C14H18F3N3O. The van der Waals surface area contributed by atoms with Gasteiger partial charge in [-0.25, -0.2) is 4.98 Å². The zero-order chi connectivity index (χ0) is 15.5. The Hall–Kier alpha value is -1.79. The highest BCUT2D eigenvalue weighted by atomic mass is 19.4. The molecule has 4 nitrogen and oxygen atoms in total. The number of pyridine rings is 1. The molecule has 1 heterocycles. The number of amidine groups is 1. The van der Waals surface area contributed by atoms with Crippen molar-refractivity contribution in [2.24, 2.45) is 11.7 Å². The molecule has 1 aliphatic carbocycles. The Morgan fingerprint density at radius 2 is 1.95 bits per heavy atom. The predicted octanol–water partition coefficient (Wildman–Crippen LogP) is 3.34. The van der Waals surface area contributed by atoms with Gasteiger partial charge in [0.2, 0.25) is 5.88 Å². The summed E-state index contributed by atoms with van der Waals surface area (Å²) in [7, 11) is 0. The minimum Gasteiger partial charge on any atom is -0.477 e. The number of nitrogens with zero attached hydrogens (tertiary/aromatic N) is 1. The van der Waals surface area contributed by atoms with Gasteiger partial charge in [-0.15, -0.1) is 0 Å². The van der Waals surface area contributed by atoms with Crippen LogP contribution in [0.2, 0.25) is 0 Å². The van der Waals surface area contributed by atoms with Gasteiger partial charge in [-0.1, -0.05) is 19.3 Å². The fourth-order valence-corrected chi connectivity index (χ4v) is 2.46. The maximum atomic E-state index is 12.7. The van der Waals surface area contributed by atoms with Crippen LogP contribution in [0.25, 0.3) is 0 Å². The summed E-state index contributed by atoms with van der Waals surface area (Å²) in [6.45, 7) is 0.314. The monoisotopic (exact) mass is 301 g/mol. The number of halogens is 3. The molecule has 0 aromatic carbocycles. The van der Waals surface area contributed by atoms with Crippen molar-refractivity contribution >= 4 is 5.84 Å². The third kappa shape index (κ3) is 4.09. The van der Waals surface area contributed by atoms with Crippen LogP contribution in [0.3, 0.4) is 0 Å². The van der Waals surface area contributed by atoms with Crippen LogP contribution in [-0.2, 0) is 6.18 Å². The van der Waals surface area contributed by atoms with Gasteiger partial charge in [-0.2, -0.15) is 13.2 Å². The van der Waals surface area contributed by atoms with E-state index in [2.05, 4.69) is 4.98 Å². The van der Waals surface area contributed by atoms with Gasteiger partial charge in [0, 0.05) is 0 Å². The summed E-state index contributed by atoms with van der Waals surface area (Å²) in [6, 6.07) is 1.94. The van der Waals surface area contributed by atoms with Crippen molar-refractivity contribution in [3.05, 3.63) is 23.4 Å². The Morgan fingerprint density at radius 3 is 2.52 bits per heavy atom. The molecule has 1 saturated carbocycles. The highest BCUT2D eigenvalue weighted by molar-refractivity contribution is 5.97. The maximum Gasteiger partial charge on any atom is 0.433 e. The second-order valence-corrected chi connectivity index (χ2v) is 5.28. The lowest BCUT2D eigenvalue weighted by molar-refractivity contribution is -0.141. The van der Waals surface area contributed by atoms with E-state index in [0.29, 0.717) is 12.5 Å². The first-order chi connectivity index (χ1) is 9.88. The number of nitrogens with one attached hydrogen (secondary N) is 1. The molecule has 0 amide bonds. The average molecular weight is 301 g/mol. The first-order valence-electron chi connectivity index (χ1n) is 6.93. The van der Waals surface area contributed by atoms with Crippen molar-refractivity contribution < 1.29 is 17.9 Å². The molecule has 1 aliphatic rings. The SMILES string of the molecule is N=C(N)c1ccc(C(F)(F)F)nc1OCC1CCCCC1. The molecule has 116 valence electrons. The summed E-state index contributed by atoms with van der Waals surface area (Å²) < 4.78 is 43.5. The Morgan fingerprint density at radius 1 is 1.29 bits per heavy atom. The predicted molar refractivity (Wildman–Crippen MR) is 72.3 cm³/mol. The molecule has 21 heavy (non-hydrogen) atoms. The highest BCUT2D eigenvalue weighted by Gasteiger charge is 2.33. The van der Waals surface area contributed by atoms with Crippen LogP contribution < -0.4 is 10.5 Å². The quantitative estimate of drug-likeness (QED) is 0.661. The van der Waals surface area contributed by atoms with Crippen LogP contribution in [0.5, 0.6) is 5.88 Å². The van der Waals surface area contributed by atoms with E-state index in [4.69, 9.17) is 15.9 Å². The van der Waals surface area contributed by atoms with Gasteiger partial charge in [0.1, 0.15) is 11.5 Å². The molecule has 3 N–H and O–H groups in total. The second-order valence-electron chi connectivity index (χ2n) is 5.28. The number of ether oxygens (including phenoxy) is 1. The Balaban J connectivity index is 2.16. The fraction of sp³-hybridized carbons (Fsp3) is 0.571. The third-order valence-corrected chi connectivity index (χ3v) is 3.62. The van der Waals surface area contributed by atoms with Crippen LogP contribution in [0, 0.1) is 11.3 Å². The second kappa shape index (κ2) is 6.32. The van der Waals surface area contributed by atoms with Crippen molar-refractivity contribution in [1.29, 1.82) is 5.41 Å². The molecule has 0 aliphatic heterocycles. The van der Waals surface area contributed by atoms with Crippen molar-refractivity contribution in [2.75, 3.05) is 6.61 Å². The first-order valence-corrected chi connectivity index (χ1v) is 6.93. The molecular weight excluding hydrogens is 283 g/mol. The lowest BCUT2D eigenvalue weighted by atomic mass is 9.90. The zero-order valence-electron chi connectivity index (χ0n) is 11.5. The molecule has 1 aromatic heterocycles. The number of hydrogen-bond acceptors (Lipinski definition) is 3. The van der Waals surface area contributed by atoms with E-state index < -0.39 is 11.9 Å². The Kier molecular flexibility index (Phi) is 4.69. The largest absolute Gasteiger partial charge is 0.477 e. The van der Waals surface area contributed by atoms with Gasteiger partial charge in [0.15, 0.2) is 0 Å². The smallest absolute Gasteiger partial charge is 0.433 e. The number of nitrogens with two attached hydrogens (primary N) is 1. The van der Waals surface area contributed by atoms with Crippen molar-refractivity contribution in [1.82, 2.24) is 4.98 Å². The maximum absolute atomic E-state index is 12.7. The molecule has 0 saturated heterocycles. The minimum atomic E-state index is -4.54. The molecule has 0 bridgehead atoms. The number of alkyl halides is 3. The van der Waals surface area contributed by atoms with Crippen molar-refractivity contribution in [3.8, 4) is 5.88 Å². The van der Waals surface area contributed by atoms with Gasteiger partial charge >= 0.3 is 6.18 Å². The van der Waals surface area contributed by atoms with Crippen LogP contribution in [0.15, 0.2) is 12.1 Å². The molecule has 0 spiro atoms. The summed E-state index contributed by atoms with van der Waals surface area (Å²) in [5.74, 6) is -0.229. The summed E-state index contributed by atoms with van der Waals surface area (Å²) in [4.78, 5) is 3.48. The lowest BCUT2D eigenvalue weighted by Gasteiger charge is -2.22. The summed E-state index contributed by atoms with van der Waals surface area (Å²) in [5, 5.41) is 7.40. The summed E-state index contributed by atoms with van der Waals surface area (Å²) in [6.07, 6.45) is 0.894. The fourth-order valence-electron chi connectivity index (χ4n) is 2.46. The number of hydrogen-bond donors (Lipinski definition) is 2. The lowest BCUT2D eigenvalue weighted by Crippen LogP contribution is -2.20. The van der Waals surface area contributed by atoms with E-state index in [-0.39, 0.29) is 17.3 Å². The van der Waals surface area contributed by atoms with Gasteiger partial charge in [0.05, 0.1) is 12.2 Å². The molecule has 2 rings (SSSR count). The Labute approximate surface area is 121 Å². The Bertz CT molecular complexity index is 511. The standard InChI is InChI=1S/C14H18F3N3O/c15-14(16,17)11-7-6-10(12(18)19)13(20-11)21-8-9-4-2-1-3-5-9/h6-7,9H,1-5,8H2,(H3,18,19). The van der Waals surface area contributed by atoms with E-state index >= 15 is 0 Å². The summed E-state index contributed by atoms with van der Waals surface area (Å²) >= 11 is 0. The van der Waals surface area contributed by atoms with Crippen molar-refractivity contribution in [2.45, 2.75) is 38.3 Å². The van der Waals surface area contributed by atoms with Gasteiger partial charge in [-0.3, -0.25) is 5.41 Å². The van der Waals surface area contributed by atoms with Gasteiger partial charge in [0.25, 0.3) is 0 Å². The van der Waals surface area contributed by atoms with Gasteiger partial charge in [-0.05, 0) is 30.9 Å². The molecule has 1 aromatic rings. The van der Waals surface area contributed by atoms with E-state index in [9.17, 15) is 13.2 Å². The topological polar surface area (TPSA) is 72.0 Å². The van der Waals surface area contributed by atoms with E-state index in [0.717, 1.165) is 37.8 Å². The molecule has 0 radical (unpaired) electrons. The number of rotatable bonds is 4. The molecule has 7 heteroatoms. The van der Waals surface area contributed by atoms with Crippen LogP contribution >= 0.6 is 0 Å². The zero-order valence-corrected chi connectivity index (χ0v) is 11.5. The number of nitrogen functional groups attached to an aromatic ring is 1. The normalized spacial score (nSPS) is 16.7. The van der Waals surface area contributed by atoms with E-state index in [1.54, 1.807) is 0 Å². The molecule has 0 atom stereocenters. The van der Waals surface area contributed by atoms with E-state index in [1.165, 1.54) is 6.42 Å². The first kappa shape index (κ1) is 15.6. The van der Waals surface area contributed by atoms with Crippen LogP contribution in [-0.4, -0.2) is 17.4 Å². The van der Waals surface area contributed by atoms with Gasteiger partial charge < -0.3 is 10.5 Å². The molecule has 1 fully saturated rings. The average Bonchev–Trinajstić information content (AvgIpc) is 2.45. The minimum absolute atomic E-state index is 0.0961. The third-order valence-electron chi connectivity index (χ3n) is 3.62. The van der Waals surface area contributed by atoms with Crippen LogP contribution in [0.1, 0.15) is 43.4 Å².